The molecule has 0 rings (SSSR count). The highest BCUT2D eigenvalue weighted by atomic mass is 32.1. The van der Waals surface area contributed by atoms with Crippen LogP contribution in [0.4, 0.5) is 0 Å². The smallest absolute Gasteiger partial charge is 0.00732 e. The summed E-state index contributed by atoms with van der Waals surface area (Å²) in [6.45, 7) is 11.3. The first kappa shape index (κ1) is 11.4. The molecule has 0 radical (unpaired) electrons. The molecule has 0 aromatic rings. The van der Waals surface area contributed by atoms with Crippen LogP contribution in [-0.2, 0) is 0 Å². The lowest BCUT2D eigenvalue weighted by atomic mass is 9.90. The highest BCUT2D eigenvalue weighted by Gasteiger charge is 2.14. The van der Waals surface area contributed by atoms with E-state index in [0.29, 0.717) is 0 Å². The topological polar surface area (TPSA) is 0 Å². The van der Waals surface area contributed by atoms with Crippen LogP contribution in [0.2, 0.25) is 0 Å². The second kappa shape index (κ2) is 4.39. The van der Waals surface area contributed by atoms with Gasteiger partial charge in [0, 0.05) is 4.75 Å². The normalized spacial score (nSPS) is 15.5. The van der Waals surface area contributed by atoms with Crippen LogP contribution in [-0.4, -0.2) is 4.75 Å². The van der Waals surface area contributed by atoms with E-state index in [9.17, 15) is 0 Å². The fraction of sp³-hybridized carbons (Fsp3) is 1.00. The zero-order valence-electron chi connectivity index (χ0n) is 8.52. The van der Waals surface area contributed by atoms with Crippen LogP contribution < -0.4 is 0 Å². The minimum atomic E-state index is 0.211. The third-order valence-electron chi connectivity index (χ3n) is 2.35. The second-order valence-electron chi connectivity index (χ2n) is 4.57. The number of hydrogen-bond acceptors (Lipinski definition) is 1. The van der Waals surface area contributed by atoms with Gasteiger partial charge in [-0.3, -0.25) is 0 Å². The number of thiol groups is 1. The van der Waals surface area contributed by atoms with Gasteiger partial charge in [-0.15, -0.1) is 0 Å². The minimum Gasteiger partial charge on any atom is -0.173 e. The molecule has 0 aromatic heterocycles. The Bertz CT molecular complexity index is 99.9. The fourth-order valence-corrected chi connectivity index (χ4v) is 1.04. The highest BCUT2D eigenvalue weighted by molar-refractivity contribution is 7.81. The Morgan fingerprint density at radius 3 is 1.91 bits per heavy atom. The lowest BCUT2D eigenvalue weighted by molar-refractivity contribution is 0.368. The van der Waals surface area contributed by atoms with Crippen molar-refractivity contribution in [2.75, 3.05) is 0 Å². The third kappa shape index (κ3) is 6.74. The number of hydrogen-bond donors (Lipinski definition) is 1. The first-order chi connectivity index (χ1) is 4.83. The summed E-state index contributed by atoms with van der Waals surface area (Å²) in [6.07, 6.45) is 2.52. The molecule has 0 spiro atoms. The molecule has 0 heterocycles. The third-order valence-corrected chi connectivity index (χ3v) is 2.57. The van der Waals surface area contributed by atoms with E-state index in [-0.39, 0.29) is 4.75 Å². The van der Waals surface area contributed by atoms with Gasteiger partial charge in [0.25, 0.3) is 0 Å². The Morgan fingerprint density at radius 2 is 1.64 bits per heavy atom. The molecule has 68 valence electrons. The van der Waals surface area contributed by atoms with Crippen molar-refractivity contribution in [1.82, 2.24) is 0 Å². The largest absolute Gasteiger partial charge is 0.173 e. The van der Waals surface area contributed by atoms with Crippen molar-refractivity contribution in [3.05, 3.63) is 0 Å². The molecule has 0 fully saturated rings. The van der Waals surface area contributed by atoms with Gasteiger partial charge in [-0.25, -0.2) is 0 Å². The summed E-state index contributed by atoms with van der Waals surface area (Å²) < 4.78 is 0.211. The van der Waals surface area contributed by atoms with Gasteiger partial charge in [0.2, 0.25) is 0 Å². The minimum absolute atomic E-state index is 0.211. The molecule has 1 atom stereocenters. The molecule has 0 aromatic carbocycles. The van der Waals surface area contributed by atoms with E-state index >= 15 is 0 Å². The van der Waals surface area contributed by atoms with Gasteiger partial charge in [0.1, 0.15) is 0 Å². The second-order valence-corrected chi connectivity index (χ2v) is 5.78. The van der Waals surface area contributed by atoms with Crippen molar-refractivity contribution < 1.29 is 0 Å². The maximum Gasteiger partial charge on any atom is 0.00732 e. The molecule has 0 saturated heterocycles. The molecule has 0 N–H and O–H groups in total. The van der Waals surface area contributed by atoms with E-state index in [1.807, 2.05) is 0 Å². The Balaban J connectivity index is 3.54. The van der Waals surface area contributed by atoms with E-state index in [4.69, 9.17) is 0 Å². The maximum absolute atomic E-state index is 4.50. The van der Waals surface area contributed by atoms with Gasteiger partial charge in [-0.1, -0.05) is 34.6 Å². The molecule has 1 heteroatoms. The van der Waals surface area contributed by atoms with Crippen molar-refractivity contribution in [3.8, 4) is 0 Å². The molecule has 0 aliphatic rings. The van der Waals surface area contributed by atoms with Gasteiger partial charge in [0.05, 0.1) is 0 Å². The summed E-state index contributed by atoms with van der Waals surface area (Å²) in [7, 11) is 0. The Hall–Kier alpha value is 0.350. The molecule has 0 unspecified atom stereocenters. The van der Waals surface area contributed by atoms with Crippen molar-refractivity contribution in [3.63, 3.8) is 0 Å². The molecule has 0 aliphatic heterocycles. The average Bonchev–Trinajstić information content (AvgIpc) is 1.80. The molecule has 0 nitrogen and oxygen atoms in total. The molecule has 0 saturated carbocycles. The predicted octanol–water partition coefficient (Wildman–Crippen LogP) is 3.77. The monoisotopic (exact) mass is 174 g/mol. The van der Waals surface area contributed by atoms with Gasteiger partial charge in [-0.2, -0.15) is 12.6 Å². The van der Waals surface area contributed by atoms with Gasteiger partial charge in [0.15, 0.2) is 0 Å². The first-order valence-corrected chi connectivity index (χ1v) is 5.00. The standard InChI is InChI=1S/C10H22S/c1-8(2)9(3)6-7-10(4,5)11/h8-9,11H,6-7H2,1-5H3/t9-/m0/s1. The quantitative estimate of drug-likeness (QED) is 0.616. The Kier molecular flexibility index (Phi) is 4.53. The van der Waals surface area contributed by atoms with Crippen LogP contribution in [0.25, 0.3) is 0 Å². The van der Waals surface area contributed by atoms with Crippen molar-refractivity contribution in [1.29, 1.82) is 0 Å². The lowest BCUT2D eigenvalue weighted by Crippen LogP contribution is -2.14. The van der Waals surface area contributed by atoms with Crippen LogP contribution in [0.1, 0.15) is 47.5 Å². The average molecular weight is 174 g/mol. The van der Waals surface area contributed by atoms with E-state index in [2.05, 4.69) is 47.2 Å². The van der Waals surface area contributed by atoms with E-state index in [1.165, 1.54) is 12.8 Å². The summed E-state index contributed by atoms with van der Waals surface area (Å²) in [5, 5.41) is 0. The summed E-state index contributed by atoms with van der Waals surface area (Å²) in [5.41, 5.74) is 0. The molecular weight excluding hydrogens is 152 g/mol. The van der Waals surface area contributed by atoms with Crippen molar-refractivity contribution in [2.24, 2.45) is 11.8 Å². The molecular formula is C10H22S. The molecule has 0 bridgehead atoms. The maximum atomic E-state index is 4.50. The van der Waals surface area contributed by atoms with Crippen molar-refractivity contribution in [2.45, 2.75) is 52.2 Å². The van der Waals surface area contributed by atoms with E-state index in [1.54, 1.807) is 0 Å². The zero-order chi connectivity index (χ0) is 9.07. The van der Waals surface area contributed by atoms with Gasteiger partial charge < -0.3 is 0 Å². The summed E-state index contributed by atoms with van der Waals surface area (Å²) in [5.74, 6) is 1.65. The van der Waals surface area contributed by atoms with Crippen LogP contribution in [0.3, 0.4) is 0 Å². The molecule has 0 aliphatic carbocycles. The lowest BCUT2D eigenvalue weighted by Gasteiger charge is -2.21. The predicted molar refractivity (Wildman–Crippen MR) is 56.3 cm³/mol. The van der Waals surface area contributed by atoms with Crippen molar-refractivity contribution >= 4 is 12.6 Å². The van der Waals surface area contributed by atoms with E-state index in [0.717, 1.165) is 11.8 Å². The van der Waals surface area contributed by atoms with Gasteiger partial charge >= 0.3 is 0 Å². The van der Waals surface area contributed by atoms with Gasteiger partial charge in [-0.05, 0) is 24.7 Å². The summed E-state index contributed by atoms with van der Waals surface area (Å²) in [4.78, 5) is 0. The number of rotatable bonds is 4. The summed E-state index contributed by atoms with van der Waals surface area (Å²) in [6, 6.07) is 0. The van der Waals surface area contributed by atoms with E-state index < -0.39 is 0 Å². The zero-order valence-corrected chi connectivity index (χ0v) is 9.41. The first-order valence-electron chi connectivity index (χ1n) is 4.55. The molecule has 0 amide bonds. The highest BCUT2D eigenvalue weighted by Crippen LogP contribution is 2.24. The van der Waals surface area contributed by atoms with Crippen LogP contribution in [0.15, 0.2) is 0 Å². The fourth-order valence-electron chi connectivity index (χ4n) is 0.914. The SMILES string of the molecule is CC(C)[C@@H](C)CCC(C)(C)S. The summed E-state index contributed by atoms with van der Waals surface area (Å²) >= 11 is 4.50. The van der Waals surface area contributed by atoms with Crippen LogP contribution >= 0.6 is 12.6 Å². The Morgan fingerprint density at radius 1 is 1.18 bits per heavy atom. The Labute approximate surface area is 77.2 Å². The molecule has 11 heavy (non-hydrogen) atoms. The van der Waals surface area contributed by atoms with Crippen LogP contribution in [0, 0.1) is 11.8 Å². The van der Waals surface area contributed by atoms with Crippen LogP contribution in [0.5, 0.6) is 0 Å².